The third-order valence-electron chi connectivity index (χ3n) is 5.10. The summed E-state index contributed by atoms with van der Waals surface area (Å²) in [6.45, 7) is 8.05. The smallest absolute Gasteiger partial charge is 0.243 e. The highest BCUT2D eigenvalue weighted by Gasteiger charge is 2.24. The Morgan fingerprint density at radius 1 is 1.09 bits per heavy atom. The molecule has 0 aliphatic heterocycles. The molecule has 0 saturated heterocycles. The SMILES string of the molecule is CCN(CC)S(=O)(=O)c1cc(NC(=O)CSc2nnc(-c3ccc(C)cc3)n2N)ccc1C. The number of nitrogens with two attached hydrogens (primary N) is 1. The van der Waals surface area contributed by atoms with Crippen LogP contribution in [0.1, 0.15) is 25.0 Å². The van der Waals surface area contributed by atoms with Gasteiger partial charge in [-0.3, -0.25) is 4.79 Å². The monoisotopic (exact) mass is 488 g/mol. The first-order valence-electron chi connectivity index (χ1n) is 10.5. The second-order valence-corrected chi connectivity index (χ2v) is 10.3. The van der Waals surface area contributed by atoms with Crippen molar-refractivity contribution in [2.75, 3.05) is 30.0 Å². The standard InChI is InChI=1S/C22H28N6O3S2/c1-5-27(6-2)33(30,31)19-13-18(12-9-16(19)4)24-20(29)14-32-22-26-25-21(28(22)23)17-10-7-15(3)8-11-17/h7-13H,5-6,14,23H2,1-4H3,(H,24,29). The average Bonchev–Trinajstić information content (AvgIpc) is 3.15. The van der Waals surface area contributed by atoms with Gasteiger partial charge in [0.1, 0.15) is 0 Å². The van der Waals surface area contributed by atoms with Crippen molar-refractivity contribution < 1.29 is 13.2 Å². The summed E-state index contributed by atoms with van der Waals surface area (Å²) in [4.78, 5) is 12.7. The molecule has 0 radical (unpaired) electrons. The van der Waals surface area contributed by atoms with Crippen LogP contribution in [-0.4, -0.2) is 52.3 Å². The molecule has 0 fully saturated rings. The molecule has 3 aromatic rings. The quantitative estimate of drug-likeness (QED) is 0.350. The van der Waals surface area contributed by atoms with E-state index in [0.29, 0.717) is 35.3 Å². The number of hydrogen-bond donors (Lipinski definition) is 2. The van der Waals surface area contributed by atoms with Gasteiger partial charge in [0.15, 0.2) is 5.82 Å². The van der Waals surface area contributed by atoms with Crippen LogP contribution >= 0.6 is 11.8 Å². The van der Waals surface area contributed by atoms with Gasteiger partial charge in [0, 0.05) is 24.3 Å². The molecule has 0 aliphatic rings. The van der Waals surface area contributed by atoms with E-state index in [9.17, 15) is 13.2 Å². The number of aryl methyl sites for hydroxylation is 2. The highest BCUT2D eigenvalue weighted by Crippen LogP contribution is 2.25. The van der Waals surface area contributed by atoms with Crippen molar-refractivity contribution in [1.82, 2.24) is 19.2 Å². The van der Waals surface area contributed by atoms with Gasteiger partial charge in [0.05, 0.1) is 10.6 Å². The van der Waals surface area contributed by atoms with E-state index in [1.54, 1.807) is 32.9 Å². The lowest BCUT2D eigenvalue weighted by atomic mass is 10.1. The maximum absolute atomic E-state index is 12.9. The number of nitrogens with one attached hydrogen (secondary N) is 1. The predicted molar refractivity (Wildman–Crippen MR) is 131 cm³/mol. The third kappa shape index (κ3) is 5.55. The molecule has 0 saturated carbocycles. The molecule has 3 N–H and O–H groups in total. The number of nitrogens with zero attached hydrogens (tertiary/aromatic N) is 4. The normalized spacial score (nSPS) is 11.7. The fourth-order valence-electron chi connectivity index (χ4n) is 3.26. The lowest BCUT2D eigenvalue weighted by molar-refractivity contribution is -0.113. The molecule has 2 aromatic carbocycles. The minimum Gasteiger partial charge on any atom is -0.335 e. The summed E-state index contributed by atoms with van der Waals surface area (Å²) in [5, 5.41) is 11.3. The summed E-state index contributed by atoms with van der Waals surface area (Å²) in [6, 6.07) is 12.6. The van der Waals surface area contributed by atoms with Gasteiger partial charge in [-0.2, -0.15) is 4.31 Å². The summed E-state index contributed by atoms with van der Waals surface area (Å²) in [5.41, 5.74) is 2.98. The molecule has 0 atom stereocenters. The molecule has 11 heteroatoms. The molecular weight excluding hydrogens is 460 g/mol. The summed E-state index contributed by atoms with van der Waals surface area (Å²) in [6.07, 6.45) is 0. The number of rotatable bonds is 9. The number of benzene rings is 2. The second kappa shape index (κ2) is 10.4. The zero-order valence-corrected chi connectivity index (χ0v) is 20.7. The second-order valence-electron chi connectivity index (χ2n) is 7.45. The summed E-state index contributed by atoms with van der Waals surface area (Å²) in [5.74, 6) is 6.35. The van der Waals surface area contributed by atoms with Crippen LogP contribution in [0.15, 0.2) is 52.5 Å². The highest BCUT2D eigenvalue weighted by molar-refractivity contribution is 7.99. The number of nitrogen functional groups attached to an aromatic ring is 1. The van der Waals surface area contributed by atoms with Crippen molar-refractivity contribution in [3.05, 3.63) is 53.6 Å². The number of aromatic nitrogens is 3. The average molecular weight is 489 g/mol. The van der Waals surface area contributed by atoms with Crippen molar-refractivity contribution in [3.8, 4) is 11.4 Å². The Bertz CT molecular complexity index is 1240. The van der Waals surface area contributed by atoms with Gasteiger partial charge in [-0.15, -0.1) is 10.2 Å². The maximum atomic E-state index is 12.9. The number of hydrogen-bond acceptors (Lipinski definition) is 7. The number of amides is 1. The molecule has 0 spiro atoms. The van der Waals surface area contributed by atoms with Crippen molar-refractivity contribution in [2.24, 2.45) is 0 Å². The van der Waals surface area contributed by atoms with E-state index >= 15 is 0 Å². The van der Waals surface area contributed by atoms with E-state index in [2.05, 4.69) is 15.5 Å². The van der Waals surface area contributed by atoms with Gasteiger partial charge in [-0.1, -0.05) is 61.5 Å². The van der Waals surface area contributed by atoms with E-state index in [1.807, 2.05) is 31.2 Å². The van der Waals surface area contributed by atoms with Crippen molar-refractivity contribution in [2.45, 2.75) is 37.7 Å². The molecule has 1 amide bonds. The van der Waals surface area contributed by atoms with Gasteiger partial charge in [-0.25, -0.2) is 13.1 Å². The number of anilines is 1. The van der Waals surface area contributed by atoms with Crippen molar-refractivity contribution in [1.29, 1.82) is 0 Å². The van der Waals surface area contributed by atoms with Crippen LogP contribution in [0.2, 0.25) is 0 Å². The molecular formula is C22H28N6O3S2. The first kappa shape index (κ1) is 24.7. The van der Waals surface area contributed by atoms with Gasteiger partial charge in [0.2, 0.25) is 21.1 Å². The van der Waals surface area contributed by atoms with Crippen LogP contribution < -0.4 is 11.2 Å². The number of carbonyl (C=O) groups excluding carboxylic acids is 1. The summed E-state index contributed by atoms with van der Waals surface area (Å²) in [7, 11) is -3.64. The van der Waals surface area contributed by atoms with Crippen LogP contribution in [0.5, 0.6) is 0 Å². The molecule has 33 heavy (non-hydrogen) atoms. The Hall–Kier alpha value is -2.89. The van der Waals surface area contributed by atoms with Crippen LogP contribution in [0, 0.1) is 13.8 Å². The Kier molecular flexibility index (Phi) is 7.77. The predicted octanol–water partition coefficient (Wildman–Crippen LogP) is 3.04. The van der Waals surface area contributed by atoms with Gasteiger partial charge < -0.3 is 11.2 Å². The highest BCUT2D eigenvalue weighted by atomic mass is 32.2. The fourth-order valence-corrected chi connectivity index (χ4v) is 5.63. The minimum atomic E-state index is -3.64. The van der Waals surface area contributed by atoms with E-state index in [4.69, 9.17) is 5.84 Å². The van der Waals surface area contributed by atoms with Gasteiger partial charge in [-0.05, 0) is 31.5 Å². The Morgan fingerprint density at radius 2 is 1.76 bits per heavy atom. The number of sulfonamides is 1. The molecule has 1 heterocycles. The zero-order valence-electron chi connectivity index (χ0n) is 19.1. The maximum Gasteiger partial charge on any atom is 0.243 e. The van der Waals surface area contributed by atoms with Crippen LogP contribution in [0.25, 0.3) is 11.4 Å². The van der Waals surface area contributed by atoms with Crippen LogP contribution in [0.3, 0.4) is 0 Å². The molecule has 9 nitrogen and oxygen atoms in total. The van der Waals surface area contributed by atoms with Crippen LogP contribution in [-0.2, 0) is 14.8 Å². The van der Waals surface area contributed by atoms with E-state index < -0.39 is 10.0 Å². The third-order valence-corrected chi connectivity index (χ3v) is 8.24. The zero-order chi connectivity index (χ0) is 24.2. The van der Waals surface area contributed by atoms with E-state index in [1.165, 1.54) is 15.0 Å². The number of carbonyl (C=O) groups is 1. The largest absolute Gasteiger partial charge is 0.335 e. The lowest BCUT2D eigenvalue weighted by Gasteiger charge is -2.20. The first-order chi connectivity index (χ1) is 15.7. The van der Waals surface area contributed by atoms with Crippen LogP contribution in [0.4, 0.5) is 5.69 Å². The molecule has 1 aromatic heterocycles. The summed E-state index contributed by atoms with van der Waals surface area (Å²) >= 11 is 1.14. The molecule has 0 unspecified atom stereocenters. The Labute approximate surface area is 198 Å². The topological polar surface area (TPSA) is 123 Å². The molecule has 0 bridgehead atoms. The lowest BCUT2D eigenvalue weighted by Crippen LogP contribution is -2.31. The first-order valence-corrected chi connectivity index (χ1v) is 12.9. The minimum absolute atomic E-state index is 0.0369. The fraction of sp³-hybridized carbons (Fsp3) is 0.318. The van der Waals surface area contributed by atoms with Crippen molar-refractivity contribution >= 4 is 33.4 Å². The Balaban J connectivity index is 1.69. The number of thioether (sulfide) groups is 1. The molecule has 0 aliphatic carbocycles. The summed E-state index contributed by atoms with van der Waals surface area (Å²) < 4.78 is 28.6. The van der Waals surface area contributed by atoms with Gasteiger partial charge >= 0.3 is 0 Å². The molecule has 176 valence electrons. The van der Waals surface area contributed by atoms with E-state index in [0.717, 1.165) is 22.9 Å². The van der Waals surface area contributed by atoms with Gasteiger partial charge in [0.25, 0.3) is 0 Å². The van der Waals surface area contributed by atoms with E-state index in [-0.39, 0.29) is 16.6 Å². The molecule has 3 rings (SSSR count). The van der Waals surface area contributed by atoms with Crippen molar-refractivity contribution in [3.63, 3.8) is 0 Å². The Morgan fingerprint density at radius 3 is 2.39 bits per heavy atom.